The van der Waals surface area contributed by atoms with Crippen molar-refractivity contribution >= 4 is 11.6 Å². The van der Waals surface area contributed by atoms with E-state index in [1.807, 2.05) is 37.3 Å². The standard InChI is InChI=1S/C18H19NO3/c1-11-4-6-16-14(8-11)15(18(20)19-16)10-12-9-13(21-2)5-7-17(12)22-3/h4-9,15H,10H2,1-3H3,(H,19,20)/t15-/m0/s1. The molecule has 1 amide bonds. The molecule has 1 heterocycles. The zero-order chi connectivity index (χ0) is 15.7. The fourth-order valence-corrected chi connectivity index (χ4v) is 2.91. The third kappa shape index (κ3) is 2.52. The van der Waals surface area contributed by atoms with Crippen LogP contribution in [0.15, 0.2) is 36.4 Å². The Hall–Kier alpha value is -2.49. The predicted octanol–water partition coefficient (Wildman–Crippen LogP) is 3.29. The number of carbonyl (C=O) groups is 1. The normalized spacial score (nSPS) is 16.1. The van der Waals surface area contributed by atoms with Crippen molar-refractivity contribution in [2.45, 2.75) is 19.3 Å². The molecule has 0 saturated heterocycles. The smallest absolute Gasteiger partial charge is 0.232 e. The highest BCUT2D eigenvalue weighted by Gasteiger charge is 2.31. The number of rotatable bonds is 4. The number of nitrogens with one attached hydrogen (secondary N) is 1. The van der Waals surface area contributed by atoms with Gasteiger partial charge in [0.05, 0.1) is 20.1 Å². The molecule has 1 N–H and O–H groups in total. The molecular weight excluding hydrogens is 278 g/mol. The number of methoxy groups -OCH3 is 2. The number of anilines is 1. The molecule has 4 nitrogen and oxygen atoms in total. The molecule has 0 unspecified atom stereocenters. The molecule has 2 aromatic rings. The van der Waals surface area contributed by atoms with Crippen LogP contribution in [-0.4, -0.2) is 20.1 Å². The van der Waals surface area contributed by atoms with Gasteiger partial charge in [0.25, 0.3) is 0 Å². The van der Waals surface area contributed by atoms with E-state index in [0.29, 0.717) is 6.42 Å². The minimum Gasteiger partial charge on any atom is -0.497 e. The van der Waals surface area contributed by atoms with Crippen LogP contribution in [0.2, 0.25) is 0 Å². The highest BCUT2D eigenvalue weighted by atomic mass is 16.5. The highest BCUT2D eigenvalue weighted by Crippen LogP contribution is 2.37. The van der Waals surface area contributed by atoms with Crippen molar-refractivity contribution in [2.24, 2.45) is 0 Å². The van der Waals surface area contributed by atoms with Crippen LogP contribution in [0.5, 0.6) is 11.5 Å². The molecule has 0 fully saturated rings. The van der Waals surface area contributed by atoms with Crippen molar-refractivity contribution in [3.63, 3.8) is 0 Å². The number of fused-ring (bicyclic) bond motifs is 1. The zero-order valence-corrected chi connectivity index (χ0v) is 13.0. The van der Waals surface area contributed by atoms with Crippen LogP contribution in [0.4, 0.5) is 5.69 Å². The molecule has 0 aromatic heterocycles. The number of aryl methyl sites for hydroxylation is 1. The molecule has 0 spiro atoms. The van der Waals surface area contributed by atoms with E-state index in [9.17, 15) is 4.79 Å². The van der Waals surface area contributed by atoms with Gasteiger partial charge >= 0.3 is 0 Å². The molecule has 114 valence electrons. The van der Waals surface area contributed by atoms with E-state index >= 15 is 0 Å². The summed E-state index contributed by atoms with van der Waals surface area (Å²) in [6, 6.07) is 11.7. The molecular formula is C18H19NO3. The van der Waals surface area contributed by atoms with Gasteiger partial charge in [-0.05, 0) is 48.7 Å². The number of carbonyl (C=O) groups excluding carboxylic acids is 1. The molecule has 1 aliphatic rings. The molecule has 4 heteroatoms. The lowest BCUT2D eigenvalue weighted by molar-refractivity contribution is -0.117. The van der Waals surface area contributed by atoms with Crippen LogP contribution < -0.4 is 14.8 Å². The fraction of sp³-hybridized carbons (Fsp3) is 0.278. The first-order valence-electron chi connectivity index (χ1n) is 7.24. The van der Waals surface area contributed by atoms with E-state index < -0.39 is 0 Å². The Morgan fingerprint density at radius 1 is 1.09 bits per heavy atom. The monoisotopic (exact) mass is 297 g/mol. The Bertz CT molecular complexity index is 724. The van der Waals surface area contributed by atoms with Crippen LogP contribution in [-0.2, 0) is 11.2 Å². The quantitative estimate of drug-likeness (QED) is 0.942. The summed E-state index contributed by atoms with van der Waals surface area (Å²) in [5.74, 6) is 1.37. The van der Waals surface area contributed by atoms with Gasteiger partial charge in [0.1, 0.15) is 11.5 Å². The lowest BCUT2D eigenvalue weighted by Gasteiger charge is -2.14. The molecule has 1 atom stereocenters. The summed E-state index contributed by atoms with van der Waals surface area (Å²) in [4.78, 5) is 12.3. The lowest BCUT2D eigenvalue weighted by Crippen LogP contribution is -2.14. The number of hydrogen-bond acceptors (Lipinski definition) is 3. The molecule has 0 radical (unpaired) electrons. The summed E-state index contributed by atoms with van der Waals surface area (Å²) < 4.78 is 10.7. The maximum atomic E-state index is 12.3. The first-order chi connectivity index (χ1) is 10.6. The second kappa shape index (κ2) is 5.72. The van der Waals surface area contributed by atoms with Crippen LogP contribution >= 0.6 is 0 Å². The SMILES string of the molecule is COc1ccc(OC)c(C[C@@H]2C(=O)Nc3ccc(C)cc32)c1. The minimum absolute atomic E-state index is 0.0328. The number of benzene rings is 2. The Kier molecular flexibility index (Phi) is 3.75. The Morgan fingerprint density at radius 2 is 1.91 bits per heavy atom. The van der Waals surface area contributed by atoms with Crippen molar-refractivity contribution in [2.75, 3.05) is 19.5 Å². The van der Waals surface area contributed by atoms with Gasteiger partial charge in [-0.25, -0.2) is 0 Å². The fourth-order valence-electron chi connectivity index (χ4n) is 2.91. The van der Waals surface area contributed by atoms with Gasteiger partial charge in [-0.1, -0.05) is 17.7 Å². The van der Waals surface area contributed by atoms with E-state index in [2.05, 4.69) is 11.4 Å². The highest BCUT2D eigenvalue weighted by molar-refractivity contribution is 6.03. The van der Waals surface area contributed by atoms with Crippen LogP contribution in [0, 0.1) is 6.92 Å². The van der Waals surface area contributed by atoms with Crippen molar-refractivity contribution < 1.29 is 14.3 Å². The van der Waals surface area contributed by atoms with Gasteiger partial charge in [-0.15, -0.1) is 0 Å². The van der Waals surface area contributed by atoms with Gasteiger partial charge in [-0.2, -0.15) is 0 Å². The Balaban J connectivity index is 1.97. The van der Waals surface area contributed by atoms with Crippen LogP contribution in [0.1, 0.15) is 22.6 Å². The Labute approximate surface area is 130 Å². The summed E-state index contributed by atoms with van der Waals surface area (Å²) in [5, 5.41) is 2.95. The molecule has 0 aliphatic carbocycles. The first-order valence-corrected chi connectivity index (χ1v) is 7.24. The van der Waals surface area contributed by atoms with E-state index in [0.717, 1.165) is 33.9 Å². The molecule has 22 heavy (non-hydrogen) atoms. The van der Waals surface area contributed by atoms with E-state index in [1.54, 1.807) is 14.2 Å². The van der Waals surface area contributed by atoms with Crippen molar-refractivity contribution in [1.82, 2.24) is 0 Å². The molecule has 1 aliphatic heterocycles. The topological polar surface area (TPSA) is 47.6 Å². The summed E-state index contributed by atoms with van der Waals surface area (Å²) in [7, 11) is 3.27. The molecule has 0 bridgehead atoms. The average Bonchev–Trinajstić information content (AvgIpc) is 2.83. The summed E-state index contributed by atoms with van der Waals surface area (Å²) in [6.45, 7) is 2.03. The maximum absolute atomic E-state index is 12.3. The van der Waals surface area contributed by atoms with E-state index in [1.165, 1.54) is 0 Å². The van der Waals surface area contributed by atoms with Gasteiger partial charge < -0.3 is 14.8 Å². The summed E-state index contributed by atoms with van der Waals surface area (Å²) in [5.41, 5.74) is 4.08. The second-order valence-electron chi connectivity index (χ2n) is 5.51. The number of amides is 1. The van der Waals surface area contributed by atoms with Gasteiger partial charge in [-0.3, -0.25) is 4.79 Å². The predicted molar refractivity (Wildman–Crippen MR) is 85.8 cm³/mol. The molecule has 2 aromatic carbocycles. The zero-order valence-electron chi connectivity index (χ0n) is 13.0. The second-order valence-corrected chi connectivity index (χ2v) is 5.51. The van der Waals surface area contributed by atoms with E-state index in [4.69, 9.17) is 9.47 Å². The number of ether oxygens (including phenoxy) is 2. The molecule has 3 rings (SSSR count). The summed E-state index contributed by atoms with van der Waals surface area (Å²) in [6.07, 6.45) is 0.586. The molecule has 0 saturated carbocycles. The van der Waals surface area contributed by atoms with E-state index in [-0.39, 0.29) is 11.8 Å². The lowest BCUT2D eigenvalue weighted by atomic mass is 9.92. The third-order valence-electron chi connectivity index (χ3n) is 4.07. The average molecular weight is 297 g/mol. The van der Waals surface area contributed by atoms with Crippen molar-refractivity contribution in [1.29, 1.82) is 0 Å². The summed E-state index contributed by atoms with van der Waals surface area (Å²) >= 11 is 0. The van der Waals surface area contributed by atoms with Gasteiger partial charge in [0.2, 0.25) is 5.91 Å². The minimum atomic E-state index is -0.198. The van der Waals surface area contributed by atoms with Crippen LogP contribution in [0.3, 0.4) is 0 Å². The largest absolute Gasteiger partial charge is 0.497 e. The Morgan fingerprint density at radius 3 is 2.64 bits per heavy atom. The number of hydrogen-bond donors (Lipinski definition) is 1. The first kappa shape index (κ1) is 14.4. The van der Waals surface area contributed by atoms with Crippen molar-refractivity contribution in [3.8, 4) is 11.5 Å². The third-order valence-corrected chi connectivity index (χ3v) is 4.07. The maximum Gasteiger partial charge on any atom is 0.232 e. The van der Waals surface area contributed by atoms with Gasteiger partial charge in [0, 0.05) is 5.69 Å². The van der Waals surface area contributed by atoms with Crippen molar-refractivity contribution in [3.05, 3.63) is 53.1 Å². The van der Waals surface area contributed by atoms with Gasteiger partial charge in [0.15, 0.2) is 0 Å². The van der Waals surface area contributed by atoms with Crippen LogP contribution in [0.25, 0.3) is 0 Å².